The van der Waals surface area contributed by atoms with E-state index in [1.54, 1.807) is 0 Å². The first-order valence-corrected chi connectivity index (χ1v) is 9.34. The number of nitrogens with one attached hydrogen (secondary N) is 2. The maximum atomic E-state index is 13.0. The first-order valence-electron chi connectivity index (χ1n) is 9.34. The summed E-state index contributed by atoms with van der Waals surface area (Å²) in [6.07, 6.45) is 5.70. The Labute approximate surface area is 148 Å². The molecule has 1 aromatic carbocycles. The summed E-state index contributed by atoms with van der Waals surface area (Å²) in [7, 11) is 0. The number of rotatable bonds is 6. The van der Waals surface area contributed by atoms with Crippen LogP contribution in [0.4, 0.5) is 14.9 Å². The van der Waals surface area contributed by atoms with Gasteiger partial charge in [0.25, 0.3) is 0 Å². The Hall–Kier alpha value is -1.82. The van der Waals surface area contributed by atoms with Gasteiger partial charge in [0.15, 0.2) is 0 Å². The van der Waals surface area contributed by atoms with Crippen LogP contribution in [0.15, 0.2) is 24.3 Å². The van der Waals surface area contributed by atoms with Crippen LogP contribution in [0.3, 0.4) is 0 Å². The minimum atomic E-state index is -0.212. The summed E-state index contributed by atoms with van der Waals surface area (Å²) >= 11 is 0. The summed E-state index contributed by atoms with van der Waals surface area (Å²) in [6, 6.07) is 6.50. The highest BCUT2D eigenvalue weighted by atomic mass is 19.1. The van der Waals surface area contributed by atoms with E-state index < -0.39 is 0 Å². The highest BCUT2D eigenvalue weighted by molar-refractivity contribution is 5.73. The molecule has 6 heteroatoms. The SMILES string of the molecule is O=C(NCC[C@@H]1CCCCO1)NC[C@@H]1CCN(c2ccc(F)cc2)C1. The summed E-state index contributed by atoms with van der Waals surface area (Å²) in [6.45, 7) is 4.01. The van der Waals surface area contributed by atoms with Crippen LogP contribution in [-0.2, 0) is 4.74 Å². The van der Waals surface area contributed by atoms with Crippen molar-refractivity contribution >= 4 is 11.7 Å². The monoisotopic (exact) mass is 349 g/mol. The second kappa shape index (κ2) is 9.04. The van der Waals surface area contributed by atoms with Crippen molar-refractivity contribution in [1.82, 2.24) is 10.6 Å². The van der Waals surface area contributed by atoms with Crippen LogP contribution in [0.1, 0.15) is 32.1 Å². The molecule has 2 saturated heterocycles. The number of nitrogens with zero attached hydrogens (tertiary/aromatic N) is 1. The second-order valence-corrected chi connectivity index (χ2v) is 6.99. The summed E-state index contributed by atoms with van der Waals surface area (Å²) in [5.74, 6) is 0.217. The van der Waals surface area contributed by atoms with Crippen LogP contribution in [-0.4, -0.2) is 44.9 Å². The number of anilines is 1. The van der Waals surface area contributed by atoms with Gasteiger partial charge in [0, 0.05) is 38.5 Å². The van der Waals surface area contributed by atoms with Crippen molar-refractivity contribution < 1.29 is 13.9 Å². The molecule has 2 fully saturated rings. The van der Waals surface area contributed by atoms with E-state index in [1.165, 1.54) is 18.6 Å². The van der Waals surface area contributed by atoms with Crippen molar-refractivity contribution in [2.45, 2.75) is 38.2 Å². The van der Waals surface area contributed by atoms with Gasteiger partial charge in [-0.3, -0.25) is 0 Å². The van der Waals surface area contributed by atoms with Crippen LogP contribution < -0.4 is 15.5 Å². The zero-order chi connectivity index (χ0) is 17.5. The van der Waals surface area contributed by atoms with Gasteiger partial charge in [-0.25, -0.2) is 9.18 Å². The summed E-state index contributed by atoms with van der Waals surface area (Å²) < 4.78 is 18.7. The Kier molecular flexibility index (Phi) is 6.50. The van der Waals surface area contributed by atoms with Crippen LogP contribution in [0, 0.1) is 11.7 Å². The minimum absolute atomic E-state index is 0.101. The van der Waals surface area contributed by atoms with Gasteiger partial charge in [0.05, 0.1) is 6.10 Å². The predicted molar refractivity (Wildman–Crippen MR) is 96.3 cm³/mol. The van der Waals surface area contributed by atoms with Crippen molar-refractivity contribution in [3.63, 3.8) is 0 Å². The van der Waals surface area contributed by atoms with Gasteiger partial charge >= 0.3 is 6.03 Å². The van der Waals surface area contributed by atoms with E-state index in [2.05, 4.69) is 15.5 Å². The molecule has 3 rings (SSSR count). The summed E-state index contributed by atoms with van der Waals surface area (Å²) in [5.41, 5.74) is 1.04. The van der Waals surface area contributed by atoms with E-state index in [4.69, 9.17) is 4.74 Å². The van der Waals surface area contributed by atoms with Crippen LogP contribution in [0.25, 0.3) is 0 Å². The smallest absolute Gasteiger partial charge is 0.314 e. The van der Waals surface area contributed by atoms with Gasteiger partial charge in [-0.05, 0) is 62.3 Å². The highest BCUT2D eigenvalue weighted by Crippen LogP contribution is 2.23. The third kappa shape index (κ3) is 5.59. The molecule has 2 atom stereocenters. The van der Waals surface area contributed by atoms with Gasteiger partial charge < -0.3 is 20.3 Å². The zero-order valence-electron chi connectivity index (χ0n) is 14.7. The maximum absolute atomic E-state index is 13.0. The first kappa shape index (κ1) is 18.0. The standard InChI is InChI=1S/C19H28FN3O2/c20-16-4-6-17(7-5-16)23-11-9-15(14-23)13-22-19(24)21-10-8-18-3-1-2-12-25-18/h4-7,15,18H,1-3,8-14H2,(H2,21,22,24)/t15-,18-/m0/s1. The lowest BCUT2D eigenvalue weighted by Crippen LogP contribution is -2.40. The molecular formula is C19H28FN3O2. The summed E-state index contributed by atoms with van der Waals surface area (Å²) in [5, 5.41) is 5.88. The molecule has 2 aliphatic heterocycles. The molecule has 1 aromatic rings. The molecule has 25 heavy (non-hydrogen) atoms. The van der Waals surface area contributed by atoms with Crippen molar-refractivity contribution in [1.29, 1.82) is 0 Å². The quantitative estimate of drug-likeness (QED) is 0.830. The molecule has 2 aliphatic rings. The molecule has 2 amide bonds. The summed E-state index contributed by atoms with van der Waals surface area (Å²) in [4.78, 5) is 14.2. The molecule has 138 valence electrons. The number of urea groups is 1. The molecule has 0 radical (unpaired) electrons. The maximum Gasteiger partial charge on any atom is 0.314 e. The Morgan fingerprint density at radius 3 is 2.80 bits per heavy atom. The van der Waals surface area contributed by atoms with Crippen molar-refractivity contribution in [2.24, 2.45) is 5.92 Å². The topological polar surface area (TPSA) is 53.6 Å². The number of halogens is 1. The first-order chi connectivity index (χ1) is 12.2. The third-order valence-corrected chi connectivity index (χ3v) is 5.05. The predicted octanol–water partition coefficient (Wildman–Crippen LogP) is 2.91. The average Bonchev–Trinajstić information content (AvgIpc) is 3.10. The largest absolute Gasteiger partial charge is 0.378 e. The molecule has 0 bridgehead atoms. The fourth-order valence-electron chi connectivity index (χ4n) is 3.57. The van der Waals surface area contributed by atoms with Gasteiger partial charge in [-0.1, -0.05) is 0 Å². The molecule has 0 spiro atoms. The van der Waals surface area contributed by atoms with E-state index in [0.29, 0.717) is 25.1 Å². The molecule has 0 saturated carbocycles. The zero-order valence-corrected chi connectivity index (χ0v) is 14.7. The lowest BCUT2D eigenvalue weighted by molar-refractivity contribution is 0.0120. The molecule has 0 aromatic heterocycles. The van der Waals surface area contributed by atoms with E-state index >= 15 is 0 Å². The van der Waals surface area contributed by atoms with Crippen molar-refractivity contribution in [3.05, 3.63) is 30.1 Å². The van der Waals surface area contributed by atoms with Crippen LogP contribution >= 0.6 is 0 Å². The Morgan fingerprint density at radius 1 is 1.20 bits per heavy atom. The van der Waals surface area contributed by atoms with Crippen LogP contribution in [0.2, 0.25) is 0 Å². The molecule has 2 heterocycles. The number of ether oxygens (including phenoxy) is 1. The second-order valence-electron chi connectivity index (χ2n) is 6.99. The van der Waals surface area contributed by atoms with Crippen molar-refractivity contribution in [3.8, 4) is 0 Å². The molecular weight excluding hydrogens is 321 g/mol. The van der Waals surface area contributed by atoms with E-state index in [1.807, 2.05) is 12.1 Å². The van der Waals surface area contributed by atoms with Gasteiger partial charge in [0.2, 0.25) is 0 Å². The Balaban J connectivity index is 1.30. The number of carbonyl (C=O) groups is 1. The third-order valence-electron chi connectivity index (χ3n) is 5.05. The fourth-order valence-corrected chi connectivity index (χ4v) is 3.57. The number of benzene rings is 1. The minimum Gasteiger partial charge on any atom is -0.378 e. The number of amides is 2. The average molecular weight is 349 g/mol. The Bertz CT molecular complexity index is 546. The van der Waals surface area contributed by atoms with Gasteiger partial charge in [-0.15, -0.1) is 0 Å². The highest BCUT2D eigenvalue weighted by Gasteiger charge is 2.23. The van der Waals surface area contributed by atoms with Crippen LogP contribution in [0.5, 0.6) is 0 Å². The number of hydrogen-bond donors (Lipinski definition) is 2. The van der Waals surface area contributed by atoms with Gasteiger partial charge in [-0.2, -0.15) is 0 Å². The van der Waals surface area contributed by atoms with Gasteiger partial charge in [0.1, 0.15) is 5.82 Å². The molecule has 0 unspecified atom stereocenters. The fraction of sp³-hybridized carbons (Fsp3) is 0.632. The Morgan fingerprint density at radius 2 is 2.04 bits per heavy atom. The van der Waals surface area contributed by atoms with E-state index in [-0.39, 0.29) is 11.8 Å². The molecule has 2 N–H and O–H groups in total. The lowest BCUT2D eigenvalue weighted by atomic mass is 10.1. The molecule has 5 nitrogen and oxygen atoms in total. The number of hydrogen-bond acceptors (Lipinski definition) is 3. The lowest BCUT2D eigenvalue weighted by Gasteiger charge is -2.22. The van der Waals surface area contributed by atoms with Crippen molar-refractivity contribution in [2.75, 3.05) is 37.7 Å². The van der Waals surface area contributed by atoms with E-state index in [0.717, 1.165) is 51.1 Å². The molecule has 0 aliphatic carbocycles. The van der Waals surface area contributed by atoms with E-state index in [9.17, 15) is 9.18 Å². The number of carbonyl (C=O) groups excluding carboxylic acids is 1. The normalized spacial score (nSPS) is 23.5.